The molecule has 1 aliphatic heterocycles. The van der Waals surface area contributed by atoms with Crippen LogP contribution in [0.3, 0.4) is 0 Å². The number of nitrogens with two attached hydrogens (primary N) is 1. The fourth-order valence-electron chi connectivity index (χ4n) is 3.90. The van der Waals surface area contributed by atoms with E-state index in [1.807, 2.05) is 6.92 Å². The van der Waals surface area contributed by atoms with Crippen LogP contribution in [0.2, 0.25) is 0 Å². The second kappa shape index (κ2) is 5.41. The summed E-state index contributed by atoms with van der Waals surface area (Å²) in [5.74, 6) is 0.445. The van der Waals surface area contributed by atoms with Gasteiger partial charge in [-0.05, 0) is 49.8 Å². The van der Waals surface area contributed by atoms with Gasteiger partial charge in [-0.25, -0.2) is 8.78 Å². The van der Waals surface area contributed by atoms with Crippen LogP contribution < -0.4 is 5.73 Å². The molecule has 1 heterocycles. The molecule has 4 unspecified atom stereocenters. The van der Waals surface area contributed by atoms with E-state index in [0.717, 1.165) is 19.5 Å². The van der Waals surface area contributed by atoms with Crippen LogP contribution in [0.15, 0.2) is 18.2 Å². The highest BCUT2D eigenvalue weighted by molar-refractivity contribution is 5.22. The quantitative estimate of drug-likeness (QED) is 0.902. The van der Waals surface area contributed by atoms with Crippen molar-refractivity contribution >= 4 is 0 Å². The molecule has 110 valence electrons. The summed E-state index contributed by atoms with van der Waals surface area (Å²) in [5, 5.41) is 0. The van der Waals surface area contributed by atoms with Crippen LogP contribution in [0, 0.1) is 23.5 Å². The van der Waals surface area contributed by atoms with Gasteiger partial charge in [0.15, 0.2) is 0 Å². The molecule has 2 nitrogen and oxygen atoms in total. The summed E-state index contributed by atoms with van der Waals surface area (Å²) in [4.78, 5) is 2.26. The van der Waals surface area contributed by atoms with E-state index in [2.05, 4.69) is 4.90 Å². The molecule has 0 bridgehead atoms. The normalized spacial score (nSPS) is 32.1. The first-order chi connectivity index (χ1) is 9.56. The summed E-state index contributed by atoms with van der Waals surface area (Å²) in [6.07, 6.45) is 3.50. The SMILES string of the molecule is CC(c1cc(F)ccc1F)N1CC2CCCC(N)C2C1. The van der Waals surface area contributed by atoms with Crippen molar-refractivity contribution < 1.29 is 8.78 Å². The van der Waals surface area contributed by atoms with Crippen molar-refractivity contribution in [2.24, 2.45) is 17.6 Å². The number of likely N-dealkylation sites (tertiary alicyclic amines) is 1. The minimum Gasteiger partial charge on any atom is -0.327 e. The Morgan fingerprint density at radius 2 is 2.05 bits per heavy atom. The van der Waals surface area contributed by atoms with Gasteiger partial charge in [0.2, 0.25) is 0 Å². The van der Waals surface area contributed by atoms with Crippen LogP contribution in [-0.2, 0) is 0 Å². The monoisotopic (exact) mass is 280 g/mol. The van der Waals surface area contributed by atoms with E-state index >= 15 is 0 Å². The standard InChI is InChI=1S/C16H22F2N2/c1-10(13-7-12(17)5-6-15(13)18)20-8-11-3-2-4-16(19)14(11)9-20/h5-7,10-11,14,16H,2-4,8-9,19H2,1H3. The molecule has 0 spiro atoms. The van der Waals surface area contributed by atoms with Gasteiger partial charge in [0.05, 0.1) is 0 Å². The van der Waals surface area contributed by atoms with Gasteiger partial charge < -0.3 is 5.73 Å². The van der Waals surface area contributed by atoms with Gasteiger partial charge in [-0.3, -0.25) is 4.90 Å². The molecule has 0 radical (unpaired) electrons. The third-order valence-electron chi connectivity index (χ3n) is 5.14. The van der Waals surface area contributed by atoms with E-state index in [1.165, 1.54) is 31.0 Å². The molecular weight excluding hydrogens is 258 g/mol. The molecule has 20 heavy (non-hydrogen) atoms. The molecule has 2 N–H and O–H groups in total. The Balaban J connectivity index is 1.78. The Bertz CT molecular complexity index is 491. The van der Waals surface area contributed by atoms with E-state index in [0.29, 0.717) is 17.4 Å². The average Bonchev–Trinajstić information content (AvgIpc) is 2.86. The van der Waals surface area contributed by atoms with E-state index < -0.39 is 0 Å². The third kappa shape index (κ3) is 2.47. The van der Waals surface area contributed by atoms with Crippen LogP contribution in [0.1, 0.15) is 37.8 Å². The molecule has 2 fully saturated rings. The summed E-state index contributed by atoms with van der Waals surface area (Å²) >= 11 is 0. The summed E-state index contributed by atoms with van der Waals surface area (Å²) in [6, 6.07) is 3.88. The predicted molar refractivity (Wildman–Crippen MR) is 75.2 cm³/mol. The van der Waals surface area contributed by atoms with Crippen molar-refractivity contribution in [2.75, 3.05) is 13.1 Å². The van der Waals surface area contributed by atoms with E-state index in [4.69, 9.17) is 5.73 Å². The van der Waals surface area contributed by atoms with Crippen LogP contribution >= 0.6 is 0 Å². The first kappa shape index (κ1) is 14.0. The van der Waals surface area contributed by atoms with Gasteiger partial charge in [-0.1, -0.05) is 6.42 Å². The summed E-state index contributed by atoms with van der Waals surface area (Å²) < 4.78 is 27.2. The highest BCUT2D eigenvalue weighted by atomic mass is 19.1. The number of nitrogens with zero attached hydrogens (tertiary/aromatic N) is 1. The first-order valence-corrected chi connectivity index (χ1v) is 7.51. The maximum atomic E-state index is 13.9. The molecule has 1 aromatic carbocycles. The molecule has 2 aliphatic rings. The van der Waals surface area contributed by atoms with Gasteiger partial charge >= 0.3 is 0 Å². The molecule has 1 aliphatic carbocycles. The summed E-state index contributed by atoms with van der Waals surface area (Å²) in [5.41, 5.74) is 6.67. The maximum Gasteiger partial charge on any atom is 0.128 e. The Hall–Kier alpha value is -1.00. The lowest BCUT2D eigenvalue weighted by molar-refractivity contribution is 0.240. The Kier molecular flexibility index (Phi) is 3.78. The van der Waals surface area contributed by atoms with Gasteiger partial charge in [0.25, 0.3) is 0 Å². The molecule has 1 aromatic rings. The number of fused-ring (bicyclic) bond motifs is 1. The Labute approximate surface area is 118 Å². The number of hydrogen-bond acceptors (Lipinski definition) is 2. The molecule has 0 amide bonds. The largest absolute Gasteiger partial charge is 0.327 e. The first-order valence-electron chi connectivity index (χ1n) is 7.51. The number of hydrogen-bond donors (Lipinski definition) is 1. The van der Waals surface area contributed by atoms with Crippen molar-refractivity contribution in [2.45, 2.75) is 38.3 Å². The molecule has 4 atom stereocenters. The maximum absolute atomic E-state index is 13.9. The molecule has 1 saturated heterocycles. The van der Waals surface area contributed by atoms with Crippen molar-refractivity contribution in [1.82, 2.24) is 4.90 Å². The van der Waals surface area contributed by atoms with Gasteiger partial charge in [0, 0.05) is 30.7 Å². The highest BCUT2D eigenvalue weighted by Gasteiger charge is 2.40. The lowest BCUT2D eigenvalue weighted by Crippen LogP contribution is -2.38. The third-order valence-corrected chi connectivity index (χ3v) is 5.14. The zero-order chi connectivity index (χ0) is 14.3. The Morgan fingerprint density at radius 3 is 2.80 bits per heavy atom. The number of benzene rings is 1. The van der Waals surface area contributed by atoms with Crippen LogP contribution in [0.4, 0.5) is 8.78 Å². The lowest BCUT2D eigenvalue weighted by atomic mass is 9.78. The number of halogens is 2. The van der Waals surface area contributed by atoms with Crippen molar-refractivity contribution in [3.63, 3.8) is 0 Å². The second-order valence-electron chi connectivity index (χ2n) is 6.31. The zero-order valence-electron chi connectivity index (χ0n) is 11.9. The van der Waals surface area contributed by atoms with Crippen LogP contribution in [-0.4, -0.2) is 24.0 Å². The van der Waals surface area contributed by atoms with E-state index in [1.54, 1.807) is 0 Å². The van der Waals surface area contributed by atoms with Gasteiger partial charge in [-0.15, -0.1) is 0 Å². The second-order valence-corrected chi connectivity index (χ2v) is 6.31. The van der Waals surface area contributed by atoms with Crippen molar-refractivity contribution in [3.8, 4) is 0 Å². The van der Waals surface area contributed by atoms with Crippen LogP contribution in [0.5, 0.6) is 0 Å². The Morgan fingerprint density at radius 1 is 1.25 bits per heavy atom. The predicted octanol–water partition coefficient (Wildman–Crippen LogP) is 3.09. The van der Waals surface area contributed by atoms with Crippen molar-refractivity contribution in [3.05, 3.63) is 35.4 Å². The molecule has 0 aromatic heterocycles. The topological polar surface area (TPSA) is 29.3 Å². The molecular formula is C16H22F2N2. The minimum atomic E-state index is -0.374. The van der Waals surface area contributed by atoms with Crippen LogP contribution in [0.25, 0.3) is 0 Å². The number of rotatable bonds is 2. The smallest absolute Gasteiger partial charge is 0.128 e. The van der Waals surface area contributed by atoms with E-state index in [9.17, 15) is 8.78 Å². The minimum absolute atomic E-state index is 0.0940. The summed E-state index contributed by atoms with van der Waals surface area (Å²) in [7, 11) is 0. The highest BCUT2D eigenvalue weighted by Crippen LogP contribution is 2.39. The van der Waals surface area contributed by atoms with Gasteiger partial charge in [-0.2, -0.15) is 0 Å². The fraction of sp³-hybridized carbons (Fsp3) is 0.625. The molecule has 3 rings (SSSR count). The zero-order valence-corrected chi connectivity index (χ0v) is 11.9. The fourth-order valence-corrected chi connectivity index (χ4v) is 3.90. The summed E-state index contributed by atoms with van der Waals surface area (Å²) in [6.45, 7) is 3.82. The van der Waals surface area contributed by atoms with E-state index in [-0.39, 0.29) is 23.7 Å². The lowest BCUT2D eigenvalue weighted by Gasteiger charge is -2.30. The molecule has 1 saturated carbocycles. The van der Waals surface area contributed by atoms with Crippen molar-refractivity contribution in [1.29, 1.82) is 0 Å². The molecule has 4 heteroatoms. The average molecular weight is 280 g/mol. The van der Waals surface area contributed by atoms with Gasteiger partial charge in [0.1, 0.15) is 11.6 Å².